The molecule has 2 heterocycles. The number of nitrogens with zero attached hydrogens (tertiary/aromatic N) is 1. The predicted octanol–water partition coefficient (Wildman–Crippen LogP) is 3.76. The van der Waals surface area contributed by atoms with Crippen LogP contribution in [0.3, 0.4) is 0 Å². The lowest BCUT2D eigenvalue weighted by Crippen LogP contribution is -2.55. The molecule has 0 bridgehead atoms. The number of nitrogens with one attached hydrogen (secondary N) is 3. The Morgan fingerprint density at radius 3 is 2.49 bits per heavy atom. The van der Waals surface area contributed by atoms with Crippen LogP contribution in [0.5, 0.6) is 11.5 Å². The highest BCUT2D eigenvalue weighted by Gasteiger charge is 2.61. The van der Waals surface area contributed by atoms with Crippen LogP contribution in [0.2, 0.25) is 0 Å². The topological polar surface area (TPSA) is 136 Å². The van der Waals surface area contributed by atoms with Gasteiger partial charge in [0.25, 0.3) is 5.91 Å². The van der Waals surface area contributed by atoms with E-state index in [1.54, 1.807) is 7.11 Å². The molecule has 4 unspecified atom stereocenters. The first-order valence-corrected chi connectivity index (χ1v) is 15.6. The zero-order chi connectivity index (χ0) is 28.8. The Morgan fingerprint density at radius 2 is 1.84 bits per heavy atom. The van der Waals surface area contributed by atoms with Crippen molar-refractivity contribution in [2.75, 3.05) is 13.7 Å². The Hall–Kier alpha value is -3.12. The van der Waals surface area contributed by atoms with E-state index in [1.165, 1.54) is 0 Å². The van der Waals surface area contributed by atoms with E-state index in [0.717, 1.165) is 22.2 Å². The summed E-state index contributed by atoms with van der Waals surface area (Å²) < 4.78 is 38.9. The minimum atomic E-state index is -3.70. The number of ether oxygens (including phenoxy) is 2. The summed E-state index contributed by atoms with van der Waals surface area (Å²) in [6, 6.07) is 16.8. The highest BCUT2D eigenvalue weighted by Crippen LogP contribution is 2.46. The highest BCUT2D eigenvalue weighted by molar-refractivity contribution is 7.91. The summed E-state index contributed by atoms with van der Waals surface area (Å²) in [7, 11) is -2.09. The molecule has 232 valence electrons. The van der Waals surface area contributed by atoms with E-state index in [9.17, 15) is 18.0 Å². The van der Waals surface area contributed by atoms with Gasteiger partial charge in [-0.25, -0.2) is 13.4 Å². The molecule has 43 heavy (non-hydrogen) atoms. The molecule has 13 heteroatoms. The van der Waals surface area contributed by atoms with Crippen molar-refractivity contribution in [1.82, 2.24) is 20.3 Å². The zero-order valence-corrected chi connectivity index (χ0v) is 26.3. The third-order valence-electron chi connectivity index (χ3n) is 8.30. The van der Waals surface area contributed by atoms with Crippen molar-refractivity contribution in [3.05, 3.63) is 54.6 Å². The summed E-state index contributed by atoms with van der Waals surface area (Å²) in [5.41, 5.74) is 1.25. The SMILES string of the molecule is CCC1CC1(NC(=O)C1CC(Oc2cc(-c3ccccc3)nc3cc(OC)ccc23)CN1)C(=O)NS(=O)(=O)C1CC1.Cl.Cl. The standard InChI is InChI=1S/C30H34N4O6S.2ClH/c1-3-19-16-30(19,29(36)34-41(37,38)22-10-11-22)33-28(35)26-14-21(17-31-26)40-27-15-24(18-7-5-4-6-8-18)32-25-13-20(39-2)9-12-23(25)27;;/h4-9,12-13,15,19,21-22,26,31H,3,10-11,14,16-17H2,1-2H3,(H,33,35)(H,34,36);2*1H. The maximum Gasteiger partial charge on any atom is 0.259 e. The fraction of sp³-hybridized carbons (Fsp3) is 0.433. The molecule has 3 N–H and O–H groups in total. The number of methoxy groups -OCH3 is 1. The molecule has 1 aliphatic heterocycles. The van der Waals surface area contributed by atoms with Gasteiger partial charge in [-0.2, -0.15) is 0 Å². The molecule has 2 amide bonds. The van der Waals surface area contributed by atoms with Crippen molar-refractivity contribution < 1.29 is 27.5 Å². The van der Waals surface area contributed by atoms with Gasteiger partial charge >= 0.3 is 0 Å². The van der Waals surface area contributed by atoms with Gasteiger partial charge in [0, 0.05) is 36.0 Å². The van der Waals surface area contributed by atoms with Gasteiger partial charge in [0.05, 0.1) is 29.6 Å². The summed E-state index contributed by atoms with van der Waals surface area (Å²) in [5.74, 6) is 0.265. The van der Waals surface area contributed by atoms with Gasteiger partial charge in [-0.15, -0.1) is 24.8 Å². The van der Waals surface area contributed by atoms with Crippen molar-refractivity contribution >= 4 is 57.6 Å². The van der Waals surface area contributed by atoms with Gasteiger partial charge in [-0.1, -0.05) is 43.7 Å². The number of carbonyl (C=O) groups excluding carboxylic acids is 2. The molecule has 0 radical (unpaired) electrons. The van der Waals surface area contributed by atoms with Gasteiger partial charge in [0.1, 0.15) is 23.1 Å². The Morgan fingerprint density at radius 1 is 1.09 bits per heavy atom. The number of pyridine rings is 1. The Labute approximate surface area is 263 Å². The highest BCUT2D eigenvalue weighted by atomic mass is 35.5. The number of sulfonamides is 1. The number of aromatic nitrogens is 1. The second kappa shape index (κ2) is 12.9. The van der Waals surface area contributed by atoms with Gasteiger partial charge in [-0.05, 0) is 37.3 Å². The average Bonchev–Trinajstić information content (AvgIpc) is 3.90. The Balaban J connectivity index is 0.00000212. The fourth-order valence-corrected chi connectivity index (χ4v) is 6.99. The van der Waals surface area contributed by atoms with E-state index in [0.29, 0.717) is 50.1 Å². The molecule has 1 saturated heterocycles. The van der Waals surface area contributed by atoms with E-state index in [-0.39, 0.29) is 42.7 Å². The lowest BCUT2D eigenvalue weighted by molar-refractivity contribution is -0.130. The largest absolute Gasteiger partial charge is 0.497 e. The molecule has 6 rings (SSSR count). The monoisotopic (exact) mass is 650 g/mol. The number of hydrogen-bond acceptors (Lipinski definition) is 8. The molecule has 3 fully saturated rings. The van der Waals surface area contributed by atoms with Crippen LogP contribution in [-0.4, -0.2) is 61.8 Å². The number of benzene rings is 2. The van der Waals surface area contributed by atoms with Crippen molar-refractivity contribution in [2.24, 2.45) is 5.92 Å². The first-order chi connectivity index (χ1) is 19.7. The fourth-order valence-electron chi connectivity index (χ4n) is 5.63. The van der Waals surface area contributed by atoms with E-state index < -0.39 is 32.8 Å². The summed E-state index contributed by atoms with van der Waals surface area (Å²) in [6.07, 6.45) is 2.27. The van der Waals surface area contributed by atoms with Crippen LogP contribution in [0.4, 0.5) is 0 Å². The second-order valence-electron chi connectivity index (χ2n) is 11.1. The lowest BCUT2D eigenvalue weighted by Gasteiger charge is -2.21. The molecule has 10 nitrogen and oxygen atoms in total. The van der Waals surface area contributed by atoms with Crippen LogP contribution >= 0.6 is 24.8 Å². The number of amides is 2. The maximum absolute atomic E-state index is 13.3. The minimum Gasteiger partial charge on any atom is -0.497 e. The molecular formula is C30H36Cl2N4O6S. The van der Waals surface area contributed by atoms with Crippen LogP contribution in [0.25, 0.3) is 22.2 Å². The van der Waals surface area contributed by atoms with E-state index in [2.05, 4.69) is 15.4 Å². The van der Waals surface area contributed by atoms with Crippen LogP contribution in [0, 0.1) is 5.92 Å². The molecule has 2 aliphatic carbocycles. The summed E-state index contributed by atoms with van der Waals surface area (Å²) in [4.78, 5) is 31.2. The second-order valence-corrected chi connectivity index (χ2v) is 13.1. The Kier molecular flexibility index (Phi) is 9.80. The van der Waals surface area contributed by atoms with Crippen molar-refractivity contribution in [2.45, 2.75) is 62.0 Å². The molecule has 0 spiro atoms. The van der Waals surface area contributed by atoms with Crippen LogP contribution in [0.15, 0.2) is 54.6 Å². The first kappa shape index (κ1) is 32.8. The smallest absolute Gasteiger partial charge is 0.259 e. The zero-order valence-electron chi connectivity index (χ0n) is 23.9. The van der Waals surface area contributed by atoms with Crippen molar-refractivity contribution in [3.8, 4) is 22.8 Å². The number of hydrogen-bond donors (Lipinski definition) is 3. The number of carbonyl (C=O) groups is 2. The van der Waals surface area contributed by atoms with E-state index in [4.69, 9.17) is 14.5 Å². The normalized spacial score (nSPS) is 24.3. The number of fused-ring (bicyclic) bond motifs is 1. The quantitative estimate of drug-likeness (QED) is 0.302. The maximum atomic E-state index is 13.3. The van der Waals surface area contributed by atoms with Crippen LogP contribution in [0.1, 0.15) is 39.0 Å². The minimum absolute atomic E-state index is 0. The average molecular weight is 652 g/mol. The summed E-state index contributed by atoms with van der Waals surface area (Å²) >= 11 is 0. The molecule has 2 saturated carbocycles. The van der Waals surface area contributed by atoms with E-state index in [1.807, 2.05) is 61.5 Å². The Bertz CT molecular complexity index is 1600. The van der Waals surface area contributed by atoms with Crippen LogP contribution in [-0.2, 0) is 19.6 Å². The van der Waals surface area contributed by atoms with Gasteiger partial charge in [0.2, 0.25) is 15.9 Å². The molecule has 2 aromatic carbocycles. The third-order valence-corrected chi connectivity index (χ3v) is 10.1. The lowest BCUT2D eigenvalue weighted by atomic mass is 10.1. The van der Waals surface area contributed by atoms with Crippen LogP contribution < -0.4 is 24.8 Å². The van der Waals surface area contributed by atoms with Gasteiger partial charge in [-0.3, -0.25) is 14.3 Å². The molecule has 4 atom stereocenters. The molecule has 3 aromatic rings. The van der Waals surface area contributed by atoms with Crippen molar-refractivity contribution in [1.29, 1.82) is 0 Å². The first-order valence-electron chi connectivity index (χ1n) is 14.0. The van der Waals surface area contributed by atoms with E-state index >= 15 is 0 Å². The number of halogens is 2. The summed E-state index contributed by atoms with van der Waals surface area (Å²) in [5, 5.41) is 6.42. The molecular weight excluding hydrogens is 615 g/mol. The molecule has 3 aliphatic rings. The third kappa shape index (κ3) is 6.69. The van der Waals surface area contributed by atoms with Gasteiger partial charge < -0.3 is 20.1 Å². The van der Waals surface area contributed by atoms with Crippen molar-refractivity contribution in [3.63, 3.8) is 0 Å². The van der Waals surface area contributed by atoms with Gasteiger partial charge in [0.15, 0.2) is 0 Å². The predicted molar refractivity (Wildman–Crippen MR) is 168 cm³/mol. The summed E-state index contributed by atoms with van der Waals surface area (Å²) in [6.45, 7) is 2.36. The molecule has 1 aromatic heterocycles. The number of rotatable bonds is 10.